The molecule has 0 atom stereocenters. The fourth-order valence-electron chi connectivity index (χ4n) is 1.28. The van der Waals surface area contributed by atoms with Crippen LogP contribution in [0.25, 0.3) is 0 Å². The minimum atomic E-state index is 1.17. The van der Waals surface area contributed by atoms with Crippen molar-refractivity contribution in [1.29, 1.82) is 0 Å². The van der Waals surface area contributed by atoms with Crippen molar-refractivity contribution in [2.24, 2.45) is 0 Å². The Balaban J connectivity index is -0.000000162. The Morgan fingerprint density at radius 1 is 1.12 bits per heavy atom. The predicted molar refractivity (Wildman–Crippen MR) is 79.9 cm³/mol. The summed E-state index contributed by atoms with van der Waals surface area (Å²) in [5.74, 6) is 0. The molecule has 0 heteroatoms. The first-order valence-corrected chi connectivity index (χ1v) is 6.46. The summed E-state index contributed by atoms with van der Waals surface area (Å²) in [4.78, 5) is 0. The van der Waals surface area contributed by atoms with E-state index in [1.54, 1.807) is 0 Å². The molecule has 0 bridgehead atoms. The lowest BCUT2D eigenvalue weighted by atomic mass is 10.3. The van der Waals surface area contributed by atoms with E-state index in [1.165, 1.54) is 43.3 Å². The third-order valence-corrected chi connectivity index (χ3v) is 1.92. The van der Waals surface area contributed by atoms with Gasteiger partial charge in [0.05, 0.1) is 0 Å². The van der Waals surface area contributed by atoms with E-state index in [2.05, 4.69) is 46.6 Å². The molecule has 0 nitrogen and oxygen atoms in total. The van der Waals surface area contributed by atoms with Crippen molar-refractivity contribution in [3.63, 3.8) is 0 Å². The second-order valence-electron chi connectivity index (χ2n) is 3.65. The summed E-state index contributed by atoms with van der Waals surface area (Å²) >= 11 is 0. The molecular weight excluding hydrogens is 192 g/mol. The van der Waals surface area contributed by atoms with E-state index < -0.39 is 0 Å². The molecule has 0 aliphatic heterocycles. The van der Waals surface area contributed by atoms with Crippen LogP contribution in [0.15, 0.2) is 37.0 Å². The molecule has 1 fully saturated rings. The maximum Gasteiger partial charge on any atom is -0.0323 e. The van der Waals surface area contributed by atoms with Gasteiger partial charge in [0.25, 0.3) is 0 Å². The zero-order valence-corrected chi connectivity index (χ0v) is 12.2. The van der Waals surface area contributed by atoms with Crippen LogP contribution in [0, 0.1) is 0 Å². The molecule has 0 unspecified atom stereocenters. The Bertz CT molecular complexity index is 151. The van der Waals surface area contributed by atoms with Gasteiger partial charge in [-0.25, -0.2) is 0 Å². The van der Waals surface area contributed by atoms with E-state index in [0.717, 1.165) is 0 Å². The zero-order chi connectivity index (χ0) is 13.4. The van der Waals surface area contributed by atoms with E-state index in [4.69, 9.17) is 0 Å². The lowest BCUT2D eigenvalue weighted by Crippen LogP contribution is -1.59. The molecular formula is C16H32. The summed E-state index contributed by atoms with van der Waals surface area (Å²) in [6, 6.07) is 0. The fourth-order valence-corrected chi connectivity index (χ4v) is 1.28. The molecule has 0 heterocycles. The van der Waals surface area contributed by atoms with Crippen molar-refractivity contribution in [2.75, 3.05) is 0 Å². The van der Waals surface area contributed by atoms with Crippen LogP contribution >= 0.6 is 0 Å². The lowest BCUT2D eigenvalue weighted by Gasteiger charge is -1.80. The number of hydrogen-bond acceptors (Lipinski definition) is 0. The van der Waals surface area contributed by atoms with E-state index in [-0.39, 0.29) is 0 Å². The number of hydrogen-bond donors (Lipinski definition) is 0. The molecule has 1 aliphatic rings. The van der Waals surface area contributed by atoms with E-state index in [9.17, 15) is 0 Å². The van der Waals surface area contributed by atoms with Gasteiger partial charge in [-0.05, 0) is 46.0 Å². The van der Waals surface area contributed by atoms with Crippen molar-refractivity contribution >= 4 is 0 Å². The van der Waals surface area contributed by atoms with Gasteiger partial charge in [0, 0.05) is 0 Å². The van der Waals surface area contributed by atoms with Gasteiger partial charge in [-0.1, -0.05) is 44.6 Å². The topological polar surface area (TPSA) is 0 Å². The van der Waals surface area contributed by atoms with Crippen LogP contribution < -0.4 is 0 Å². The maximum absolute atomic E-state index is 3.85. The Kier molecular flexibility index (Phi) is 25.4. The van der Waals surface area contributed by atoms with Gasteiger partial charge >= 0.3 is 0 Å². The van der Waals surface area contributed by atoms with Gasteiger partial charge in [-0.3, -0.25) is 0 Å². The Morgan fingerprint density at radius 2 is 1.50 bits per heavy atom. The highest BCUT2D eigenvalue weighted by atomic mass is 14.1. The van der Waals surface area contributed by atoms with Crippen LogP contribution in [-0.2, 0) is 0 Å². The second kappa shape index (κ2) is 19.7. The van der Waals surface area contributed by atoms with Crippen molar-refractivity contribution in [3.05, 3.63) is 37.0 Å². The maximum atomic E-state index is 3.85. The van der Waals surface area contributed by atoms with Gasteiger partial charge in [0.1, 0.15) is 0 Å². The monoisotopic (exact) mass is 224 g/mol. The largest absolute Gasteiger partial charge is 0.106 e. The first-order valence-electron chi connectivity index (χ1n) is 6.46. The number of allylic oxidation sites excluding steroid dienone is 3. The highest BCUT2D eigenvalue weighted by Crippen LogP contribution is 2.20. The summed E-state index contributed by atoms with van der Waals surface area (Å²) in [7, 11) is 0. The van der Waals surface area contributed by atoms with E-state index >= 15 is 0 Å². The summed E-state index contributed by atoms with van der Waals surface area (Å²) < 4.78 is 0. The first kappa shape index (κ1) is 20.6. The molecule has 16 heavy (non-hydrogen) atoms. The van der Waals surface area contributed by atoms with Gasteiger partial charge in [0.15, 0.2) is 0 Å². The lowest BCUT2D eigenvalue weighted by molar-refractivity contribution is 0.886. The first-order chi connectivity index (χ1) is 7.66. The minimum Gasteiger partial charge on any atom is -0.106 e. The molecule has 0 N–H and O–H groups in total. The summed E-state index contributed by atoms with van der Waals surface area (Å²) in [5, 5.41) is 0. The van der Waals surface area contributed by atoms with Crippen LogP contribution in [0.2, 0.25) is 0 Å². The Labute approximate surface area is 104 Å². The molecule has 0 radical (unpaired) electrons. The molecule has 0 aromatic heterocycles. The van der Waals surface area contributed by atoms with Crippen molar-refractivity contribution in [2.45, 2.75) is 66.7 Å². The molecule has 0 aromatic carbocycles. The average Bonchev–Trinajstić information content (AvgIpc) is 2.76. The number of rotatable bonds is 1. The van der Waals surface area contributed by atoms with E-state index in [0.29, 0.717) is 0 Å². The highest BCUT2D eigenvalue weighted by molar-refractivity contribution is 4.98. The fraction of sp³-hybridized carbons (Fsp3) is 0.625. The molecule has 0 spiro atoms. The quantitative estimate of drug-likeness (QED) is 0.458. The van der Waals surface area contributed by atoms with Crippen LogP contribution in [0.5, 0.6) is 0 Å². The Morgan fingerprint density at radius 3 is 1.56 bits per heavy atom. The molecule has 1 aliphatic carbocycles. The molecule has 0 aromatic rings. The van der Waals surface area contributed by atoms with Crippen molar-refractivity contribution in [1.82, 2.24) is 0 Å². The third-order valence-electron chi connectivity index (χ3n) is 1.92. The standard InChI is InChI=1S/C6H10.C6H12.C2H6.C2H4/c1-6-4-2-3-5-6;1-4-5-6(2)3;2*1-2/h1-5H2;5H,4H2,1-3H3;1-2H3;1-2H2. The molecule has 1 rings (SSSR count). The van der Waals surface area contributed by atoms with Crippen molar-refractivity contribution < 1.29 is 0 Å². The van der Waals surface area contributed by atoms with E-state index in [1.807, 2.05) is 13.8 Å². The van der Waals surface area contributed by atoms with Gasteiger partial charge in [-0.2, -0.15) is 0 Å². The summed E-state index contributed by atoms with van der Waals surface area (Å²) in [6.45, 7) is 20.2. The Hall–Kier alpha value is -0.780. The molecule has 0 amide bonds. The van der Waals surface area contributed by atoms with Gasteiger partial charge in [0.2, 0.25) is 0 Å². The minimum absolute atomic E-state index is 1.17. The van der Waals surface area contributed by atoms with Crippen LogP contribution in [0.3, 0.4) is 0 Å². The smallest absolute Gasteiger partial charge is 0.0323 e. The van der Waals surface area contributed by atoms with Crippen LogP contribution in [-0.4, -0.2) is 0 Å². The molecule has 0 saturated heterocycles. The highest BCUT2D eigenvalue weighted by Gasteiger charge is 2.01. The van der Waals surface area contributed by atoms with Gasteiger partial charge in [-0.15, -0.1) is 13.2 Å². The second-order valence-corrected chi connectivity index (χ2v) is 3.65. The molecule has 96 valence electrons. The SMILES string of the molecule is C=C.C=C1CCCC1.CC.CCC=C(C)C. The third kappa shape index (κ3) is 23.2. The summed E-state index contributed by atoms with van der Waals surface area (Å²) in [5.41, 5.74) is 2.87. The van der Waals surface area contributed by atoms with Crippen LogP contribution in [0.1, 0.15) is 66.7 Å². The summed E-state index contributed by atoms with van der Waals surface area (Å²) in [6.07, 6.45) is 8.74. The van der Waals surface area contributed by atoms with Crippen molar-refractivity contribution in [3.8, 4) is 0 Å². The average molecular weight is 224 g/mol. The molecule has 1 saturated carbocycles. The normalized spacial score (nSPS) is 11.9. The predicted octanol–water partition coefficient (Wildman–Crippen LogP) is 6.31. The van der Waals surface area contributed by atoms with Gasteiger partial charge < -0.3 is 0 Å². The van der Waals surface area contributed by atoms with Crippen LogP contribution in [0.4, 0.5) is 0 Å². The zero-order valence-electron chi connectivity index (χ0n) is 12.2.